The molecule has 1 aliphatic heterocycles. The minimum atomic E-state index is -0.0547. The van der Waals surface area contributed by atoms with E-state index in [4.69, 9.17) is 11.6 Å². The molecule has 0 saturated heterocycles. The topological polar surface area (TPSA) is 20.3 Å². The van der Waals surface area contributed by atoms with Gasteiger partial charge in [0.05, 0.1) is 16.4 Å². The maximum atomic E-state index is 13.0. The molecule has 4 rings (SSSR count). The lowest BCUT2D eigenvalue weighted by Gasteiger charge is -2.20. The number of hydrogen-bond donors (Lipinski definition) is 0. The van der Waals surface area contributed by atoms with Gasteiger partial charge in [-0.25, -0.2) is 0 Å². The fourth-order valence-corrected chi connectivity index (χ4v) is 3.19. The molecule has 0 saturated carbocycles. The van der Waals surface area contributed by atoms with Crippen LogP contribution in [0.2, 0.25) is 5.02 Å². The quantitative estimate of drug-likeness (QED) is 0.607. The molecular weight excluding hydrogens is 318 g/mol. The SMILES string of the molecule is O=C1c2ccccc2C(=Cc2ccccc2)N1c1ccccc1Cl. The fraction of sp³-hybridized carbons (Fsp3) is 0. The maximum absolute atomic E-state index is 13.0. The average Bonchev–Trinajstić information content (AvgIpc) is 2.89. The van der Waals surface area contributed by atoms with Crippen LogP contribution in [0.1, 0.15) is 21.5 Å². The molecule has 0 spiro atoms. The zero-order chi connectivity index (χ0) is 16.5. The third-order valence-corrected chi connectivity index (χ3v) is 4.39. The van der Waals surface area contributed by atoms with Crippen LogP contribution in [0.15, 0.2) is 78.9 Å². The van der Waals surface area contributed by atoms with Gasteiger partial charge in [0, 0.05) is 11.1 Å². The molecule has 1 heterocycles. The van der Waals surface area contributed by atoms with E-state index in [2.05, 4.69) is 0 Å². The molecule has 0 fully saturated rings. The van der Waals surface area contributed by atoms with E-state index >= 15 is 0 Å². The molecule has 0 unspecified atom stereocenters. The van der Waals surface area contributed by atoms with Crippen LogP contribution >= 0.6 is 11.6 Å². The van der Waals surface area contributed by atoms with Gasteiger partial charge in [-0.05, 0) is 29.8 Å². The number of benzene rings is 3. The van der Waals surface area contributed by atoms with Crippen LogP contribution in [0.4, 0.5) is 5.69 Å². The van der Waals surface area contributed by atoms with Crippen molar-refractivity contribution in [2.45, 2.75) is 0 Å². The van der Waals surface area contributed by atoms with Gasteiger partial charge >= 0.3 is 0 Å². The molecule has 0 atom stereocenters. The summed E-state index contributed by atoms with van der Waals surface area (Å²) in [6.07, 6.45) is 2.02. The maximum Gasteiger partial charge on any atom is 0.263 e. The first-order valence-electron chi connectivity index (χ1n) is 7.71. The van der Waals surface area contributed by atoms with Gasteiger partial charge in [0.25, 0.3) is 5.91 Å². The molecule has 0 radical (unpaired) electrons. The molecule has 3 heteroatoms. The standard InChI is InChI=1S/C21H14ClNO/c22-18-12-6-7-13-19(18)23-20(14-15-8-2-1-3-9-15)16-10-4-5-11-17(16)21(23)24/h1-14H. The number of para-hydroxylation sites is 1. The summed E-state index contributed by atoms with van der Waals surface area (Å²) in [7, 11) is 0. The predicted octanol–water partition coefficient (Wildman–Crippen LogP) is 5.50. The van der Waals surface area contributed by atoms with Gasteiger partial charge in [-0.15, -0.1) is 0 Å². The van der Waals surface area contributed by atoms with Crippen molar-refractivity contribution in [2.24, 2.45) is 0 Å². The number of carbonyl (C=O) groups is 1. The van der Waals surface area contributed by atoms with Crippen LogP contribution < -0.4 is 4.90 Å². The van der Waals surface area contributed by atoms with Crippen LogP contribution in [0.5, 0.6) is 0 Å². The van der Waals surface area contributed by atoms with Crippen LogP contribution in [-0.2, 0) is 0 Å². The molecule has 2 nitrogen and oxygen atoms in total. The van der Waals surface area contributed by atoms with Gasteiger partial charge in [0.15, 0.2) is 0 Å². The molecule has 116 valence electrons. The van der Waals surface area contributed by atoms with Crippen LogP contribution in [0, 0.1) is 0 Å². The Labute approximate surface area is 145 Å². The summed E-state index contributed by atoms with van der Waals surface area (Å²) in [5.74, 6) is -0.0547. The van der Waals surface area contributed by atoms with E-state index in [1.807, 2.05) is 78.9 Å². The van der Waals surface area contributed by atoms with E-state index in [0.29, 0.717) is 16.3 Å². The van der Waals surface area contributed by atoms with E-state index in [-0.39, 0.29) is 5.91 Å². The van der Waals surface area contributed by atoms with E-state index < -0.39 is 0 Å². The molecule has 1 amide bonds. The van der Waals surface area contributed by atoms with E-state index in [0.717, 1.165) is 16.8 Å². The number of halogens is 1. The average molecular weight is 332 g/mol. The fourth-order valence-electron chi connectivity index (χ4n) is 2.96. The highest BCUT2D eigenvalue weighted by atomic mass is 35.5. The summed E-state index contributed by atoms with van der Waals surface area (Å²) < 4.78 is 0. The van der Waals surface area contributed by atoms with Crippen molar-refractivity contribution in [1.82, 2.24) is 0 Å². The van der Waals surface area contributed by atoms with Crippen LogP contribution in [0.25, 0.3) is 11.8 Å². The Morgan fingerprint density at radius 2 is 1.38 bits per heavy atom. The highest BCUT2D eigenvalue weighted by Gasteiger charge is 2.33. The Bertz CT molecular complexity index is 947. The van der Waals surface area contributed by atoms with Gasteiger partial charge in [-0.2, -0.15) is 0 Å². The summed E-state index contributed by atoms with van der Waals surface area (Å²) >= 11 is 6.36. The highest BCUT2D eigenvalue weighted by molar-refractivity contribution is 6.36. The van der Waals surface area contributed by atoms with E-state index in [1.54, 1.807) is 11.0 Å². The summed E-state index contributed by atoms with van der Waals surface area (Å²) in [6.45, 7) is 0. The molecule has 0 bridgehead atoms. The van der Waals surface area contributed by atoms with Crippen molar-refractivity contribution in [3.8, 4) is 0 Å². The number of carbonyl (C=O) groups excluding carboxylic acids is 1. The first-order valence-corrected chi connectivity index (χ1v) is 8.08. The number of fused-ring (bicyclic) bond motifs is 1. The van der Waals surface area contributed by atoms with Crippen molar-refractivity contribution in [3.63, 3.8) is 0 Å². The first kappa shape index (κ1) is 14.7. The van der Waals surface area contributed by atoms with Gasteiger partial charge in [0.1, 0.15) is 0 Å². The van der Waals surface area contributed by atoms with Crippen molar-refractivity contribution >= 4 is 35.0 Å². The molecule has 24 heavy (non-hydrogen) atoms. The van der Waals surface area contributed by atoms with Crippen molar-refractivity contribution in [1.29, 1.82) is 0 Å². The van der Waals surface area contributed by atoms with E-state index in [9.17, 15) is 4.79 Å². The largest absolute Gasteiger partial charge is 0.275 e. The second kappa shape index (κ2) is 5.99. The van der Waals surface area contributed by atoms with Crippen LogP contribution in [-0.4, -0.2) is 5.91 Å². The Kier molecular flexibility index (Phi) is 3.68. The second-order valence-electron chi connectivity index (χ2n) is 5.58. The number of hydrogen-bond acceptors (Lipinski definition) is 1. The third-order valence-electron chi connectivity index (χ3n) is 4.07. The summed E-state index contributed by atoms with van der Waals surface area (Å²) in [4.78, 5) is 14.7. The Morgan fingerprint density at radius 1 is 0.750 bits per heavy atom. The number of amides is 1. The predicted molar refractivity (Wildman–Crippen MR) is 99.0 cm³/mol. The number of rotatable bonds is 2. The highest BCUT2D eigenvalue weighted by Crippen LogP contribution is 2.40. The van der Waals surface area contributed by atoms with Gasteiger partial charge in [-0.3, -0.25) is 9.69 Å². The monoisotopic (exact) mass is 331 g/mol. The van der Waals surface area contributed by atoms with Gasteiger partial charge < -0.3 is 0 Å². The van der Waals surface area contributed by atoms with Crippen molar-refractivity contribution in [2.75, 3.05) is 4.90 Å². The zero-order valence-electron chi connectivity index (χ0n) is 12.8. The van der Waals surface area contributed by atoms with Gasteiger partial charge in [0.2, 0.25) is 0 Å². The van der Waals surface area contributed by atoms with Crippen molar-refractivity contribution in [3.05, 3.63) is 101 Å². The molecule has 3 aromatic carbocycles. The van der Waals surface area contributed by atoms with Crippen molar-refractivity contribution < 1.29 is 4.79 Å². The lowest BCUT2D eigenvalue weighted by atomic mass is 10.1. The Balaban J connectivity index is 1.94. The number of anilines is 1. The minimum absolute atomic E-state index is 0.0547. The Hall–Kier alpha value is -2.84. The summed E-state index contributed by atoms with van der Waals surface area (Å²) in [6, 6.07) is 25.0. The lowest BCUT2D eigenvalue weighted by molar-refractivity contribution is 0.101. The Morgan fingerprint density at radius 3 is 2.12 bits per heavy atom. The minimum Gasteiger partial charge on any atom is -0.275 e. The summed E-state index contributed by atoms with van der Waals surface area (Å²) in [5.41, 5.74) is 4.19. The molecule has 0 N–H and O–H groups in total. The van der Waals surface area contributed by atoms with Gasteiger partial charge in [-0.1, -0.05) is 72.3 Å². The number of nitrogens with zero attached hydrogens (tertiary/aromatic N) is 1. The van der Waals surface area contributed by atoms with E-state index in [1.165, 1.54) is 0 Å². The second-order valence-corrected chi connectivity index (χ2v) is 5.99. The third kappa shape index (κ3) is 2.41. The molecule has 0 aromatic heterocycles. The zero-order valence-corrected chi connectivity index (χ0v) is 13.6. The molecule has 0 aliphatic carbocycles. The summed E-state index contributed by atoms with van der Waals surface area (Å²) in [5, 5.41) is 0.553. The normalized spacial score (nSPS) is 15.0. The molecule has 3 aromatic rings. The molecule has 1 aliphatic rings. The van der Waals surface area contributed by atoms with Crippen LogP contribution in [0.3, 0.4) is 0 Å². The lowest BCUT2D eigenvalue weighted by Crippen LogP contribution is -2.22. The molecular formula is C21H14ClNO. The smallest absolute Gasteiger partial charge is 0.263 e. The first-order chi connectivity index (χ1) is 11.8.